The normalized spacial score (nSPS) is 11.3. The average molecular weight is 389 g/mol. The fraction of sp³-hybridized carbons (Fsp3) is 0. The van der Waals surface area contributed by atoms with Gasteiger partial charge < -0.3 is 4.98 Å². The number of hydrogen-bond acceptors (Lipinski definition) is 5. The third-order valence-electron chi connectivity index (χ3n) is 5.06. The van der Waals surface area contributed by atoms with Gasteiger partial charge in [-0.15, -0.1) is 0 Å². The lowest BCUT2D eigenvalue weighted by atomic mass is 10.1. The maximum Gasteiger partial charge on any atom is 0.138 e. The molecule has 0 unspecified atom stereocenters. The van der Waals surface area contributed by atoms with Crippen molar-refractivity contribution < 1.29 is 0 Å². The molecule has 30 heavy (non-hydrogen) atoms. The van der Waals surface area contributed by atoms with Gasteiger partial charge in [0.1, 0.15) is 16.9 Å². The average Bonchev–Trinajstić information content (AvgIpc) is 3.43. The van der Waals surface area contributed by atoms with Crippen molar-refractivity contribution in [3.8, 4) is 34.0 Å². The first-order chi connectivity index (χ1) is 14.9. The van der Waals surface area contributed by atoms with Crippen molar-refractivity contribution in [2.75, 3.05) is 0 Å². The second-order valence-corrected chi connectivity index (χ2v) is 6.90. The Labute approximate surface area is 170 Å². The van der Waals surface area contributed by atoms with E-state index in [4.69, 9.17) is 4.98 Å². The molecule has 6 aromatic heterocycles. The van der Waals surface area contributed by atoms with E-state index in [0.29, 0.717) is 0 Å². The summed E-state index contributed by atoms with van der Waals surface area (Å²) in [5.74, 6) is 0. The number of nitrogens with zero attached hydrogens (tertiary/aromatic N) is 5. The second-order valence-electron chi connectivity index (χ2n) is 6.90. The lowest BCUT2D eigenvalue weighted by Crippen LogP contribution is -1.88. The fourth-order valence-electron chi connectivity index (χ4n) is 3.64. The molecule has 0 fully saturated rings. The number of aromatic nitrogens is 7. The molecule has 0 aromatic carbocycles. The largest absolute Gasteiger partial charge is 0.338 e. The van der Waals surface area contributed by atoms with Gasteiger partial charge in [-0.2, -0.15) is 5.10 Å². The van der Waals surface area contributed by atoms with Crippen LogP contribution >= 0.6 is 0 Å². The highest BCUT2D eigenvalue weighted by Gasteiger charge is 2.16. The van der Waals surface area contributed by atoms with Gasteiger partial charge >= 0.3 is 0 Å². The topological polar surface area (TPSA) is 96.0 Å². The zero-order valence-corrected chi connectivity index (χ0v) is 15.7. The molecule has 0 aliphatic rings. The molecule has 7 heteroatoms. The van der Waals surface area contributed by atoms with Crippen molar-refractivity contribution in [3.63, 3.8) is 0 Å². The number of pyridine rings is 4. The van der Waals surface area contributed by atoms with Crippen LogP contribution in [0.3, 0.4) is 0 Å². The highest BCUT2D eigenvalue weighted by Crippen LogP contribution is 2.32. The summed E-state index contributed by atoms with van der Waals surface area (Å²) in [6, 6.07) is 19.6. The molecule has 0 bridgehead atoms. The van der Waals surface area contributed by atoms with Gasteiger partial charge in [-0.3, -0.25) is 15.1 Å². The van der Waals surface area contributed by atoms with Crippen LogP contribution in [0.5, 0.6) is 0 Å². The maximum absolute atomic E-state index is 4.82. The minimum absolute atomic E-state index is 0.743. The van der Waals surface area contributed by atoms with Crippen molar-refractivity contribution in [2.24, 2.45) is 0 Å². The van der Waals surface area contributed by atoms with Crippen LogP contribution in [0, 0.1) is 0 Å². The van der Waals surface area contributed by atoms with E-state index in [0.717, 1.165) is 56.1 Å². The molecular weight excluding hydrogens is 374 g/mol. The first-order valence-corrected chi connectivity index (χ1v) is 9.53. The standard InChI is InChI=1S/C23H15N7/c1-3-10-24-16(5-1)14-9-12-26-23-15(14)13-20(28-23)22-21-19(29-30-22)8-7-18(27-21)17-6-2-4-11-25-17/h1-13H,(H,26,28)(H,29,30). The minimum atomic E-state index is 0.743. The monoisotopic (exact) mass is 389 g/mol. The van der Waals surface area contributed by atoms with Gasteiger partial charge in [0.15, 0.2) is 0 Å². The summed E-state index contributed by atoms with van der Waals surface area (Å²) in [5.41, 5.74) is 7.56. The number of rotatable bonds is 3. The molecule has 6 heterocycles. The van der Waals surface area contributed by atoms with E-state index < -0.39 is 0 Å². The van der Waals surface area contributed by atoms with Gasteiger partial charge in [-0.25, -0.2) is 9.97 Å². The van der Waals surface area contributed by atoms with Crippen molar-refractivity contribution >= 4 is 22.1 Å². The summed E-state index contributed by atoms with van der Waals surface area (Å²) in [4.78, 5) is 21.6. The smallest absolute Gasteiger partial charge is 0.138 e. The lowest BCUT2D eigenvalue weighted by molar-refractivity contribution is 1.12. The van der Waals surface area contributed by atoms with E-state index in [9.17, 15) is 0 Å². The number of fused-ring (bicyclic) bond motifs is 2. The molecule has 0 amide bonds. The van der Waals surface area contributed by atoms with Crippen LogP contribution in [-0.4, -0.2) is 35.1 Å². The summed E-state index contributed by atoms with van der Waals surface area (Å²) in [7, 11) is 0. The molecule has 6 rings (SSSR count). The number of aromatic amines is 2. The summed E-state index contributed by atoms with van der Waals surface area (Å²) in [6.45, 7) is 0. The molecule has 0 spiro atoms. The zero-order valence-electron chi connectivity index (χ0n) is 15.7. The third-order valence-corrected chi connectivity index (χ3v) is 5.06. The molecule has 7 nitrogen and oxygen atoms in total. The van der Waals surface area contributed by atoms with Crippen LogP contribution in [-0.2, 0) is 0 Å². The van der Waals surface area contributed by atoms with E-state index in [2.05, 4.69) is 36.2 Å². The van der Waals surface area contributed by atoms with Crippen LogP contribution in [0.2, 0.25) is 0 Å². The van der Waals surface area contributed by atoms with Crippen LogP contribution in [0.25, 0.3) is 56.1 Å². The first kappa shape index (κ1) is 16.6. The van der Waals surface area contributed by atoms with Crippen LogP contribution in [0.4, 0.5) is 0 Å². The Morgan fingerprint density at radius 2 is 1.53 bits per heavy atom. The molecule has 0 aliphatic carbocycles. The molecular formula is C23H15N7. The Balaban J connectivity index is 1.52. The fourth-order valence-corrected chi connectivity index (χ4v) is 3.64. The van der Waals surface area contributed by atoms with Crippen molar-refractivity contribution in [2.45, 2.75) is 0 Å². The molecule has 0 atom stereocenters. The Kier molecular flexibility index (Phi) is 3.64. The molecule has 0 radical (unpaired) electrons. The van der Waals surface area contributed by atoms with E-state index in [1.807, 2.05) is 54.6 Å². The van der Waals surface area contributed by atoms with Gasteiger partial charge in [0, 0.05) is 29.5 Å². The van der Waals surface area contributed by atoms with E-state index in [1.165, 1.54) is 0 Å². The summed E-state index contributed by atoms with van der Waals surface area (Å²) < 4.78 is 0. The Bertz CT molecular complexity index is 1480. The highest BCUT2D eigenvalue weighted by molar-refractivity contribution is 5.98. The van der Waals surface area contributed by atoms with Gasteiger partial charge in [0.2, 0.25) is 0 Å². The molecule has 0 aliphatic heterocycles. The number of H-pyrrole nitrogens is 2. The zero-order chi connectivity index (χ0) is 19.9. The quantitative estimate of drug-likeness (QED) is 0.460. The third kappa shape index (κ3) is 2.64. The van der Waals surface area contributed by atoms with Crippen LogP contribution < -0.4 is 0 Å². The van der Waals surface area contributed by atoms with Crippen molar-refractivity contribution in [1.29, 1.82) is 0 Å². The van der Waals surface area contributed by atoms with Gasteiger partial charge in [-0.1, -0.05) is 12.1 Å². The van der Waals surface area contributed by atoms with Crippen molar-refractivity contribution in [1.82, 2.24) is 35.1 Å². The van der Waals surface area contributed by atoms with Crippen LogP contribution in [0.1, 0.15) is 0 Å². The van der Waals surface area contributed by atoms with Crippen LogP contribution in [0.15, 0.2) is 79.3 Å². The Hall–Kier alpha value is -4.39. The summed E-state index contributed by atoms with van der Waals surface area (Å²) >= 11 is 0. The number of nitrogens with one attached hydrogen (secondary N) is 2. The highest BCUT2D eigenvalue weighted by atomic mass is 15.1. The maximum atomic E-state index is 4.82. The van der Waals surface area contributed by atoms with E-state index in [1.54, 1.807) is 18.6 Å². The lowest BCUT2D eigenvalue weighted by Gasteiger charge is -2.01. The SMILES string of the molecule is c1ccc(-c2ccc3[nH]nc(-c4cc5c(-c6ccccn6)ccnc5[nH]4)c3n2)nc1. The Morgan fingerprint density at radius 3 is 2.33 bits per heavy atom. The molecule has 2 N–H and O–H groups in total. The van der Waals surface area contributed by atoms with E-state index in [-0.39, 0.29) is 0 Å². The molecule has 6 aromatic rings. The van der Waals surface area contributed by atoms with Gasteiger partial charge in [-0.05, 0) is 48.5 Å². The molecule has 0 saturated heterocycles. The first-order valence-electron chi connectivity index (χ1n) is 9.53. The second kappa shape index (κ2) is 6.59. The summed E-state index contributed by atoms with van der Waals surface area (Å²) in [5, 5.41) is 8.57. The van der Waals surface area contributed by atoms with Gasteiger partial charge in [0.25, 0.3) is 0 Å². The molecule has 142 valence electrons. The van der Waals surface area contributed by atoms with Crippen molar-refractivity contribution in [3.05, 3.63) is 79.3 Å². The predicted molar refractivity (Wildman–Crippen MR) is 115 cm³/mol. The molecule has 0 saturated carbocycles. The number of hydrogen-bond donors (Lipinski definition) is 2. The predicted octanol–water partition coefficient (Wildman–Crippen LogP) is 4.63. The van der Waals surface area contributed by atoms with Gasteiger partial charge in [0.05, 0.1) is 28.3 Å². The van der Waals surface area contributed by atoms with E-state index >= 15 is 0 Å². The Morgan fingerprint density at radius 1 is 0.700 bits per heavy atom. The minimum Gasteiger partial charge on any atom is -0.338 e. The summed E-state index contributed by atoms with van der Waals surface area (Å²) in [6.07, 6.45) is 5.34.